The van der Waals surface area contributed by atoms with Gasteiger partial charge in [-0.05, 0) is 67.4 Å². The van der Waals surface area contributed by atoms with Gasteiger partial charge in [-0.1, -0.05) is 60.7 Å². The number of hydrogen-bond donors (Lipinski definition) is 1. The number of amides is 2. The Morgan fingerprint density at radius 3 is 2.42 bits per heavy atom. The second-order valence-corrected chi connectivity index (χ2v) is 9.20. The lowest BCUT2D eigenvalue weighted by atomic mass is 9.96. The number of nitrogens with zero attached hydrogens (tertiary/aromatic N) is 3. The maximum atomic E-state index is 13.8. The second kappa shape index (κ2) is 9.46. The van der Waals surface area contributed by atoms with Gasteiger partial charge >= 0.3 is 6.03 Å². The first-order valence-corrected chi connectivity index (χ1v) is 12.0. The van der Waals surface area contributed by atoms with Gasteiger partial charge in [0.1, 0.15) is 0 Å². The Bertz CT molecular complexity index is 1280. The monoisotopic (exact) mass is 478 g/mol. The summed E-state index contributed by atoms with van der Waals surface area (Å²) in [5, 5.41) is 10.2. The number of benzene rings is 3. The predicted octanol–water partition coefficient (Wildman–Crippen LogP) is 7.51. The first-order chi connectivity index (χ1) is 16.1. The number of fused-ring (bicyclic) bond motifs is 1. The molecule has 0 saturated heterocycles. The molecular weight excluding hydrogens is 455 g/mol. The number of aromatic nitrogens is 2. The van der Waals surface area contributed by atoms with Crippen LogP contribution in [-0.2, 0) is 0 Å². The van der Waals surface area contributed by atoms with Crippen molar-refractivity contribution in [3.8, 4) is 5.69 Å². The van der Waals surface area contributed by atoms with Crippen LogP contribution < -0.4 is 10.2 Å². The predicted molar refractivity (Wildman–Crippen MR) is 135 cm³/mol. The molecule has 0 bridgehead atoms. The molecule has 2 amide bonds. The maximum Gasteiger partial charge on any atom is 0.327 e. The van der Waals surface area contributed by atoms with Gasteiger partial charge < -0.3 is 5.32 Å². The van der Waals surface area contributed by atoms with Crippen LogP contribution in [0.4, 0.5) is 16.3 Å². The van der Waals surface area contributed by atoms with Crippen molar-refractivity contribution in [2.24, 2.45) is 0 Å². The van der Waals surface area contributed by atoms with Crippen LogP contribution in [0.25, 0.3) is 16.6 Å². The maximum absolute atomic E-state index is 13.8. The Morgan fingerprint density at radius 2 is 1.67 bits per heavy atom. The fourth-order valence-electron chi connectivity index (χ4n) is 4.43. The van der Waals surface area contributed by atoms with Crippen molar-refractivity contribution in [2.75, 3.05) is 4.90 Å². The van der Waals surface area contributed by atoms with Crippen molar-refractivity contribution in [1.82, 2.24) is 15.1 Å². The van der Waals surface area contributed by atoms with Crippen LogP contribution >= 0.6 is 23.2 Å². The zero-order valence-electron chi connectivity index (χ0n) is 18.0. The molecule has 5 rings (SSSR count). The zero-order valence-corrected chi connectivity index (χ0v) is 19.6. The van der Waals surface area contributed by atoms with Gasteiger partial charge in [-0.25, -0.2) is 14.4 Å². The van der Waals surface area contributed by atoms with Crippen LogP contribution in [0.3, 0.4) is 0 Å². The number of carbonyl (C=O) groups is 1. The first kappa shape index (κ1) is 21.8. The normalized spacial score (nSPS) is 14.4. The minimum absolute atomic E-state index is 0.158. The zero-order chi connectivity index (χ0) is 22.8. The number of nitrogens with one attached hydrogen (secondary N) is 1. The Labute approximate surface area is 202 Å². The van der Waals surface area contributed by atoms with Gasteiger partial charge in [0.2, 0.25) is 0 Å². The summed E-state index contributed by atoms with van der Waals surface area (Å²) in [6.45, 7) is 0. The molecule has 1 aliphatic carbocycles. The molecule has 5 nitrogen and oxygen atoms in total. The van der Waals surface area contributed by atoms with Crippen molar-refractivity contribution in [3.05, 3.63) is 82.8 Å². The molecule has 4 aromatic rings. The third-order valence-corrected chi connectivity index (χ3v) is 6.53. The molecule has 0 aliphatic heterocycles. The number of urea groups is 1. The molecule has 168 valence electrons. The molecule has 1 fully saturated rings. The summed E-state index contributed by atoms with van der Waals surface area (Å²) in [5.74, 6) is 0.656. The minimum Gasteiger partial charge on any atom is -0.335 e. The first-order valence-electron chi connectivity index (χ1n) is 11.2. The Balaban J connectivity index is 1.68. The van der Waals surface area contributed by atoms with Gasteiger partial charge in [0.05, 0.1) is 16.9 Å². The Kier molecular flexibility index (Phi) is 6.25. The van der Waals surface area contributed by atoms with Gasteiger partial charge in [0.15, 0.2) is 5.82 Å². The number of halogens is 2. The molecule has 1 saturated carbocycles. The van der Waals surface area contributed by atoms with E-state index in [2.05, 4.69) is 5.32 Å². The van der Waals surface area contributed by atoms with E-state index < -0.39 is 0 Å². The van der Waals surface area contributed by atoms with Crippen LogP contribution in [0.1, 0.15) is 32.1 Å². The van der Waals surface area contributed by atoms with E-state index in [4.69, 9.17) is 28.3 Å². The van der Waals surface area contributed by atoms with Gasteiger partial charge in [-0.2, -0.15) is 5.10 Å². The highest BCUT2D eigenvalue weighted by Gasteiger charge is 2.28. The molecule has 33 heavy (non-hydrogen) atoms. The second-order valence-electron chi connectivity index (χ2n) is 8.33. The molecular formula is C26H24Cl2N4O. The van der Waals surface area contributed by atoms with Crippen LogP contribution in [0, 0.1) is 0 Å². The molecule has 3 aromatic carbocycles. The molecule has 0 unspecified atom stereocenters. The van der Waals surface area contributed by atoms with Crippen LogP contribution in [0.2, 0.25) is 10.0 Å². The largest absolute Gasteiger partial charge is 0.335 e. The SMILES string of the molecule is O=C(NC1CCCCC1)N(c1cccc(Cl)c1)c1c2ccccc2nn1-c1ccc(Cl)cc1. The summed E-state index contributed by atoms with van der Waals surface area (Å²) >= 11 is 12.5. The number of carbonyl (C=O) groups excluding carboxylic acids is 1. The molecule has 0 spiro atoms. The number of rotatable bonds is 4. The van der Waals surface area contributed by atoms with E-state index in [1.165, 1.54) is 6.42 Å². The van der Waals surface area contributed by atoms with E-state index >= 15 is 0 Å². The van der Waals surface area contributed by atoms with E-state index in [1.54, 1.807) is 21.7 Å². The Hall–Kier alpha value is -3.02. The van der Waals surface area contributed by atoms with Crippen molar-refractivity contribution < 1.29 is 4.79 Å². The standard InChI is InChI=1S/C26H24Cl2N4O/c27-18-13-15-21(16-14-18)32-25(23-11-4-5-12-24(23)30-32)31(22-10-6-7-19(28)17-22)26(33)29-20-8-2-1-3-9-20/h4-7,10-17,20H,1-3,8-9H2,(H,29,33). The van der Waals surface area contributed by atoms with Crippen LogP contribution in [-0.4, -0.2) is 21.9 Å². The highest BCUT2D eigenvalue weighted by atomic mass is 35.5. The lowest BCUT2D eigenvalue weighted by Gasteiger charge is -2.29. The van der Waals surface area contributed by atoms with E-state index in [0.29, 0.717) is 21.6 Å². The molecule has 1 heterocycles. The topological polar surface area (TPSA) is 50.2 Å². The average molecular weight is 479 g/mol. The summed E-state index contributed by atoms with van der Waals surface area (Å²) in [4.78, 5) is 15.5. The smallest absolute Gasteiger partial charge is 0.327 e. The molecule has 1 aromatic heterocycles. The van der Waals surface area contributed by atoms with Gasteiger partial charge in [0.25, 0.3) is 0 Å². The fraction of sp³-hybridized carbons (Fsp3) is 0.231. The summed E-state index contributed by atoms with van der Waals surface area (Å²) in [7, 11) is 0. The summed E-state index contributed by atoms with van der Waals surface area (Å²) < 4.78 is 1.79. The Morgan fingerprint density at radius 1 is 0.909 bits per heavy atom. The van der Waals surface area contributed by atoms with Crippen LogP contribution in [0.5, 0.6) is 0 Å². The fourth-order valence-corrected chi connectivity index (χ4v) is 4.74. The molecule has 1 N–H and O–H groups in total. The van der Waals surface area contributed by atoms with Crippen molar-refractivity contribution >= 4 is 51.6 Å². The summed E-state index contributed by atoms with van der Waals surface area (Å²) in [6.07, 6.45) is 5.47. The highest BCUT2D eigenvalue weighted by Crippen LogP contribution is 2.36. The van der Waals surface area contributed by atoms with Crippen LogP contribution in [0.15, 0.2) is 72.8 Å². The molecule has 0 atom stereocenters. The number of anilines is 2. The van der Waals surface area contributed by atoms with Gasteiger partial charge in [0, 0.05) is 21.5 Å². The average Bonchev–Trinajstić information content (AvgIpc) is 3.20. The quantitative estimate of drug-likeness (QED) is 0.329. The van der Waals surface area contributed by atoms with Gasteiger partial charge in [-0.15, -0.1) is 0 Å². The molecule has 7 heteroatoms. The van der Waals surface area contributed by atoms with E-state index in [-0.39, 0.29) is 12.1 Å². The molecule has 0 radical (unpaired) electrons. The summed E-state index contributed by atoms with van der Waals surface area (Å²) in [6, 6.07) is 22.6. The molecule has 1 aliphatic rings. The van der Waals surface area contributed by atoms with E-state index in [0.717, 1.165) is 42.3 Å². The van der Waals surface area contributed by atoms with Crippen molar-refractivity contribution in [2.45, 2.75) is 38.1 Å². The lowest BCUT2D eigenvalue weighted by Crippen LogP contribution is -2.44. The lowest BCUT2D eigenvalue weighted by molar-refractivity contribution is 0.240. The third kappa shape index (κ3) is 4.56. The summed E-state index contributed by atoms with van der Waals surface area (Å²) in [5.41, 5.74) is 2.28. The van der Waals surface area contributed by atoms with E-state index in [9.17, 15) is 4.79 Å². The van der Waals surface area contributed by atoms with Gasteiger partial charge in [-0.3, -0.25) is 0 Å². The van der Waals surface area contributed by atoms with Crippen molar-refractivity contribution in [3.63, 3.8) is 0 Å². The number of hydrogen-bond acceptors (Lipinski definition) is 2. The third-order valence-electron chi connectivity index (χ3n) is 6.04. The van der Waals surface area contributed by atoms with Crippen molar-refractivity contribution in [1.29, 1.82) is 0 Å². The highest BCUT2D eigenvalue weighted by molar-refractivity contribution is 6.31. The van der Waals surface area contributed by atoms with E-state index in [1.807, 2.05) is 60.7 Å². The minimum atomic E-state index is -0.190.